The fourth-order valence-corrected chi connectivity index (χ4v) is 7.92. The summed E-state index contributed by atoms with van der Waals surface area (Å²) in [6.45, 7) is 7.87. The smallest absolute Gasteiger partial charge is 0.309 e. The van der Waals surface area contributed by atoms with Gasteiger partial charge in [0.15, 0.2) is 6.19 Å². The molecule has 2 atom stereocenters. The minimum absolute atomic E-state index is 0.112. The predicted molar refractivity (Wildman–Crippen MR) is 136 cm³/mol. The van der Waals surface area contributed by atoms with Gasteiger partial charge in [0, 0.05) is 30.7 Å². The number of anilines is 1. The second kappa shape index (κ2) is 8.83. The largest absolute Gasteiger partial charge is 0.481 e. The normalized spacial score (nSPS) is 33.6. The Kier molecular flexibility index (Phi) is 6.14. The molecule has 7 nitrogen and oxygen atoms in total. The molecule has 1 aliphatic heterocycles. The molecule has 182 valence electrons. The SMILES string of the molecule is CC(C)(C(=NC1C2CC3CC1CC(C(=O)O)(C3)C2)NC#N)N1CCN(c2ccccc2Br)CC1. The highest BCUT2D eigenvalue weighted by atomic mass is 79.9. The van der Waals surface area contributed by atoms with E-state index in [0.717, 1.165) is 68.6 Å². The quantitative estimate of drug-likeness (QED) is 0.259. The first-order chi connectivity index (χ1) is 16.2. The fraction of sp³-hybridized carbons (Fsp3) is 0.654. The maximum atomic E-state index is 12.1. The zero-order valence-corrected chi connectivity index (χ0v) is 21.6. The lowest BCUT2D eigenvalue weighted by Gasteiger charge is -2.57. The Morgan fingerprint density at radius 2 is 1.82 bits per heavy atom. The van der Waals surface area contributed by atoms with Crippen molar-refractivity contribution in [2.24, 2.45) is 28.2 Å². The molecule has 5 aliphatic rings. The number of para-hydroxylation sites is 1. The Hall–Kier alpha value is -2.11. The number of nitrogens with zero attached hydrogens (tertiary/aromatic N) is 4. The van der Waals surface area contributed by atoms with E-state index in [4.69, 9.17) is 4.99 Å². The van der Waals surface area contributed by atoms with Crippen LogP contribution in [-0.2, 0) is 4.79 Å². The van der Waals surface area contributed by atoms with Crippen molar-refractivity contribution in [2.75, 3.05) is 31.1 Å². The van der Waals surface area contributed by atoms with Crippen LogP contribution >= 0.6 is 15.9 Å². The number of piperazine rings is 1. The number of aliphatic imine (C=N–C) groups is 1. The van der Waals surface area contributed by atoms with Crippen molar-refractivity contribution in [3.8, 4) is 6.19 Å². The van der Waals surface area contributed by atoms with Crippen LogP contribution in [0.4, 0.5) is 5.69 Å². The Labute approximate surface area is 210 Å². The lowest BCUT2D eigenvalue weighted by molar-refractivity contribution is -0.166. The molecule has 0 amide bonds. The predicted octanol–water partition coefficient (Wildman–Crippen LogP) is 4.10. The Bertz CT molecular complexity index is 1010. The molecule has 5 fully saturated rings. The third-order valence-electron chi connectivity index (χ3n) is 8.97. The van der Waals surface area contributed by atoms with Crippen molar-refractivity contribution in [1.82, 2.24) is 10.2 Å². The first-order valence-corrected chi connectivity index (χ1v) is 13.2. The van der Waals surface area contributed by atoms with Gasteiger partial charge in [-0.15, -0.1) is 0 Å². The van der Waals surface area contributed by atoms with Gasteiger partial charge in [0.05, 0.1) is 22.7 Å². The number of aliphatic carboxylic acids is 1. The molecule has 0 aromatic heterocycles. The Balaban J connectivity index is 1.33. The monoisotopic (exact) mass is 527 g/mol. The van der Waals surface area contributed by atoms with Crippen LogP contribution in [0.5, 0.6) is 0 Å². The maximum Gasteiger partial charge on any atom is 0.309 e. The summed E-state index contributed by atoms with van der Waals surface area (Å²) < 4.78 is 1.11. The number of nitriles is 1. The molecule has 34 heavy (non-hydrogen) atoms. The van der Waals surface area contributed by atoms with Crippen LogP contribution in [0.25, 0.3) is 0 Å². The van der Waals surface area contributed by atoms with Gasteiger partial charge in [-0.1, -0.05) is 12.1 Å². The summed E-state index contributed by atoms with van der Waals surface area (Å²) in [5, 5.41) is 22.5. The number of amidine groups is 1. The van der Waals surface area contributed by atoms with Gasteiger partial charge in [-0.05, 0) is 91.8 Å². The van der Waals surface area contributed by atoms with Crippen LogP contribution in [-0.4, -0.2) is 59.6 Å². The third kappa shape index (κ3) is 4.01. The van der Waals surface area contributed by atoms with Gasteiger partial charge < -0.3 is 10.0 Å². The number of benzene rings is 1. The summed E-state index contributed by atoms with van der Waals surface area (Å²) in [6, 6.07) is 8.43. The first-order valence-electron chi connectivity index (χ1n) is 12.4. The second-order valence-corrected chi connectivity index (χ2v) is 12.1. The molecule has 8 heteroatoms. The average molecular weight is 528 g/mol. The standard InChI is InChI=1S/C26H34BrN5O2/c1-25(2,32-9-7-31(8-10-32)21-6-4-3-5-20(21)27)23(29-16-28)30-22-18-11-17-12-19(22)15-26(13-17,14-18)24(33)34/h3-6,17-19,22H,7-15H2,1-2H3,(H,29,30)(H,33,34). The van der Waals surface area contributed by atoms with Crippen LogP contribution in [0, 0.1) is 34.6 Å². The van der Waals surface area contributed by atoms with Crippen LogP contribution in [0.2, 0.25) is 0 Å². The minimum Gasteiger partial charge on any atom is -0.481 e. The molecule has 2 N–H and O–H groups in total. The lowest BCUT2D eigenvalue weighted by atomic mass is 9.48. The van der Waals surface area contributed by atoms with Gasteiger partial charge in [-0.25, -0.2) is 0 Å². The first kappa shape index (κ1) is 23.6. The Morgan fingerprint density at radius 3 is 2.41 bits per heavy atom. The van der Waals surface area contributed by atoms with E-state index < -0.39 is 16.9 Å². The highest BCUT2D eigenvalue weighted by Crippen LogP contribution is 2.61. The number of hydrogen-bond acceptors (Lipinski definition) is 5. The van der Waals surface area contributed by atoms with Gasteiger partial charge in [0.1, 0.15) is 5.84 Å². The summed E-state index contributed by atoms with van der Waals surface area (Å²) in [5.74, 6) is 1.24. The van der Waals surface area contributed by atoms with E-state index in [9.17, 15) is 15.2 Å². The van der Waals surface area contributed by atoms with Crippen LogP contribution < -0.4 is 10.2 Å². The average Bonchev–Trinajstić information content (AvgIpc) is 2.80. The van der Waals surface area contributed by atoms with Crippen LogP contribution in [0.3, 0.4) is 0 Å². The maximum absolute atomic E-state index is 12.1. The van der Waals surface area contributed by atoms with Crippen LogP contribution in [0.1, 0.15) is 46.0 Å². The van der Waals surface area contributed by atoms with Crippen molar-refractivity contribution in [1.29, 1.82) is 5.26 Å². The highest BCUT2D eigenvalue weighted by Gasteiger charge is 2.59. The fourth-order valence-electron chi connectivity index (χ4n) is 7.38. The van der Waals surface area contributed by atoms with E-state index in [0.29, 0.717) is 17.8 Å². The van der Waals surface area contributed by atoms with E-state index in [2.05, 4.69) is 69.3 Å². The van der Waals surface area contributed by atoms with Crippen molar-refractivity contribution in [3.05, 3.63) is 28.7 Å². The molecule has 2 unspecified atom stereocenters. The zero-order valence-electron chi connectivity index (χ0n) is 20.0. The summed E-state index contributed by atoms with van der Waals surface area (Å²) in [4.78, 5) is 22.1. The summed E-state index contributed by atoms with van der Waals surface area (Å²) in [5.41, 5.74) is 0.266. The number of rotatable bonds is 5. The number of carboxylic acids is 1. The summed E-state index contributed by atoms with van der Waals surface area (Å²) >= 11 is 3.67. The van der Waals surface area contributed by atoms with E-state index in [1.807, 2.05) is 6.07 Å². The summed E-state index contributed by atoms with van der Waals surface area (Å²) in [7, 11) is 0. The highest BCUT2D eigenvalue weighted by molar-refractivity contribution is 9.10. The molecule has 0 spiro atoms. The van der Waals surface area contributed by atoms with E-state index in [-0.39, 0.29) is 6.04 Å². The number of hydrogen-bond donors (Lipinski definition) is 2. The Morgan fingerprint density at radius 1 is 1.18 bits per heavy atom. The molecular weight excluding hydrogens is 494 g/mol. The molecule has 1 aromatic rings. The molecule has 4 aliphatic carbocycles. The minimum atomic E-state index is -0.618. The number of carboxylic acid groups (broad SMARTS) is 1. The molecule has 1 aromatic carbocycles. The van der Waals surface area contributed by atoms with Crippen LogP contribution in [0.15, 0.2) is 33.7 Å². The van der Waals surface area contributed by atoms with Crippen molar-refractivity contribution in [3.63, 3.8) is 0 Å². The molecular formula is C26H34BrN5O2. The molecule has 1 heterocycles. The van der Waals surface area contributed by atoms with Crippen molar-refractivity contribution >= 4 is 33.4 Å². The number of nitrogens with one attached hydrogen (secondary N) is 1. The number of carbonyl (C=O) groups is 1. The van der Waals surface area contributed by atoms with Gasteiger partial charge in [-0.2, -0.15) is 5.26 Å². The summed E-state index contributed by atoms with van der Waals surface area (Å²) in [6.07, 6.45) is 6.58. The van der Waals surface area contributed by atoms with E-state index in [1.54, 1.807) is 0 Å². The van der Waals surface area contributed by atoms with Crippen molar-refractivity contribution < 1.29 is 9.90 Å². The molecule has 4 saturated carbocycles. The lowest BCUT2D eigenvalue weighted by Crippen LogP contribution is -2.61. The van der Waals surface area contributed by atoms with Gasteiger partial charge in [0.2, 0.25) is 0 Å². The number of halogens is 1. The molecule has 6 rings (SSSR count). The van der Waals surface area contributed by atoms with Gasteiger partial charge in [-0.3, -0.25) is 20.0 Å². The third-order valence-corrected chi connectivity index (χ3v) is 9.64. The van der Waals surface area contributed by atoms with E-state index >= 15 is 0 Å². The van der Waals surface area contributed by atoms with Gasteiger partial charge >= 0.3 is 5.97 Å². The zero-order chi connectivity index (χ0) is 24.1. The molecule has 0 radical (unpaired) electrons. The topological polar surface area (TPSA) is 92.0 Å². The molecule has 1 saturated heterocycles. The second-order valence-electron chi connectivity index (χ2n) is 11.2. The van der Waals surface area contributed by atoms with Crippen molar-refractivity contribution in [2.45, 2.75) is 57.5 Å². The van der Waals surface area contributed by atoms with E-state index in [1.165, 1.54) is 5.69 Å². The van der Waals surface area contributed by atoms with Gasteiger partial charge in [0.25, 0.3) is 0 Å². The molecule has 4 bridgehead atoms.